The van der Waals surface area contributed by atoms with Gasteiger partial charge in [-0.15, -0.1) is 0 Å². The van der Waals surface area contributed by atoms with Gasteiger partial charge >= 0.3 is 5.97 Å². The SMILES string of the molecule is COC(=O)c1ccccc1NC(=O)CCN1C(=O)c2ccccc2C1=O. The van der Waals surface area contributed by atoms with Gasteiger partial charge in [0.15, 0.2) is 0 Å². The second-order valence-electron chi connectivity index (χ2n) is 5.64. The number of hydrogen-bond donors (Lipinski definition) is 1. The molecule has 0 radical (unpaired) electrons. The molecule has 26 heavy (non-hydrogen) atoms. The summed E-state index contributed by atoms with van der Waals surface area (Å²) in [4.78, 5) is 49.5. The molecule has 1 aliphatic heterocycles. The first-order chi connectivity index (χ1) is 12.5. The van der Waals surface area contributed by atoms with Crippen molar-refractivity contribution < 1.29 is 23.9 Å². The zero-order chi connectivity index (χ0) is 18.7. The Bertz CT molecular complexity index is 871. The Morgan fingerprint density at radius 2 is 1.54 bits per heavy atom. The van der Waals surface area contributed by atoms with Crippen LogP contribution in [0.5, 0.6) is 0 Å². The van der Waals surface area contributed by atoms with Crippen molar-refractivity contribution >= 4 is 29.4 Å². The molecule has 0 spiro atoms. The highest BCUT2D eigenvalue weighted by atomic mass is 16.5. The number of carbonyl (C=O) groups is 4. The van der Waals surface area contributed by atoms with Crippen molar-refractivity contribution in [3.63, 3.8) is 0 Å². The van der Waals surface area contributed by atoms with E-state index < -0.39 is 23.7 Å². The predicted octanol–water partition coefficient (Wildman–Crippen LogP) is 2.10. The smallest absolute Gasteiger partial charge is 0.339 e. The lowest BCUT2D eigenvalue weighted by Gasteiger charge is -2.14. The van der Waals surface area contributed by atoms with Gasteiger partial charge in [-0.1, -0.05) is 24.3 Å². The molecule has 2 aromatic rings. The number of methoxy groups -OCH3 is 1. The van der Waals surface area contributed by atoms with Crippen LogP contribution in [0.2, 0.25) is 0 Å². The summed E-state index contributed by atoms with van der Waals surface area (Å²) in [6.45, 7) is -0.0431. The number of fused-ring (bicyclic) bond motifs is 1. The Morgan fingerprint density at radius 3 is 2.15 bits per heavy atom. The van der Waals surface area contributed by atoms with Gasteiger partial charge in [0.25, 0.3) is 11.8 Å². The van der Waals surface area contributed by atoms with Gasteiger partial charge < -0.3 is 10.1 Å². The molecular formula is C19H16N2O5. The maximum absolute atomic E-state index is 12.3. The molecule has 132 valence electrons. The van der Waals surface area contributed by atoms with Crippen LogP contribution in [0.3, 0.4) is 0 Å². The number of esters is 1. The molecule has 3 rings (SSSR count). The summed E-state index contributed by atoms with van der Waals surface area (Å²) >= 11 is 0. The van der Waals surface area contributed by atoms with Crippen LogP contribution in [0.25, 0.3) is 0 Å². The number of nitrogens with zero attached hydrogens (tertiary/aromatic N) is 1. The predicted molar refractivity (Wildman–Crippen MR) is 92.8 cm³/mol. The number of rotatable bonds is 5. The molecule has 7 nitrogen and oxygen atoms in total. The van der Waals surface area contributed by atoms with Gasteiger partial charge in [0.2, 0.25) is 5.91 Å². The number of imide groups is 1. The molecule has 0 atom stereocenters. The molecule has 0 saturated heterocycles. The first-order valence-electron chi connectivity index (χ1n) is 7.95. The van der Waals surface area contributed by atoms with E-state index in [1.54, 1.807) is 42.5 Å². The fraction of sp³-hybridized carbons (Fsp3) is 0.158. The standard InChI is InChI=1S/C19H16N2O5/c1-26-19(25)14-8-4-5-9-15(14)20-16(22)10-11-21-17(23)12-6-2-3-7-13(12)18(21)24/h2-9H,10-11H2,1H3,(H,20,22). The van der Waals surface area contributed by atoms with E-state index in [1.165, 1.54) is 13.2 Å². The zero-order valence-electron chi connectivity index (χ0n) is 14.0. The van der Waals surface area contributed by atoms with Gasteiger partial charge in [0.05, 0.1) is 29.5 Å². The lowest BCUT2D eigenvalue weighted by atomic mass is 10.1. The van der Waals surface area contributed by atoms with E-state index in [1.807, 2.05) is 0 Å². The minimum absolute atomic E-state index is 0.0431. The van der Waals surface area contributed by atoms with Crippen LogP contribution >= 0.6 is 0 Å². The molecule has 0 fully saturated rings. The lowest BCUT2D eigenvalue weighted by Crippen LogP contribution is -2.33. The van der Waals surface area contributed by atoms with Crippen molar-refractivity contribution in [2.75, 3.05) is 19.0 Å². The van der Waals surface area contributed by atoms with E-state index in [9.17, 15) is 19.2 Å². The maximum Gasteiger partial charge on any atom is 0.339 e. The van der Waals surface area contributed by atoms with Crippen molar-refractivity contribution in [3.05, 3.63) is 65.2 Å². The molecule has 0 aliphatic carbocycles. The monoisotopic (exact) mass is 352 g/mol. The summed E-state index contributed by atoms with van der Waals surface area (Å²) in [5.74, 6) is -1.80. The molecule has 7 heteroatoms. The average Bonchev–Trinajstić information content (AvgIpc) is 2.91. The van der Waals surface area contributed by atoms with E-state index >= 15 is 0 Å². The fourth-order valence-electron chi connectivity index (χ4n) is 2.75. The summed E-state index contributed by atoms with van der Waals surface area (Å²) in [6.07, 6.45) is -0.0824. The maximum atomic E-state index is 12.3. The first-order valence-corrected chi connectivity index (χ1v) is 7.95. The van der Waals surface area contributed by atoms with Crippen LogP contribution in [0.4, 0.5) is 5.69 Å². The Balaban J connectivity index is 1.65. The Labute approximate surface area is 149 Å². The molecule has 0 unspecified atom stereocenters. The number of benzene rings is 2. The largest absolute Gasteiger partial charge is 0.465 e. The van der Waals surface area contributed by atoms with Crippen LogP contribution in [0.15, 0.2) is 48.5 Å². The number of hydrogen-bond acceptors (Lipinski definition) is 5. The number of anilines is 1. The number of nitrogens with one attached hydrogen (secondary N) is 1. The van der Waals surface area contributed by atoms with Crippen molar-refractivity contribution in [1.29, 1.82) is 0 Å². The minimum atomic E-state index is -0.568. The molecule has 0 saturated carbocycles. The highest BCUT2D eigenvalue weighted by Gasteiger charge is 2.34. The van der Waals surface area contributed by atoms with Gasteiger partial charge in [0, 0.05) is 13.0 Å². The molecule has 0 aromatic heterocycles. The Kier molecular flexibility index (Phi) is 4.79. The van der Waals surface area contributed by atoms with Crippen LogP contribution < -0.4 is 5.32 Å². The highest BCUT2D eigenvalue weighted by molar-refractivity contribution is 6.21. The molecule has 3 amide bonds. The third kappa shape index (κ3) is 3.19. The lowest BCUT2D eigenvalue weighted by molar-refractivity contribution is -0.116. The first kappa shape index (κ1) is 17.3. The normalized spacial score (nSPS) is 12.7. The Morgan fingerprint density at radius 1 is 0.962 bits per heavy atom. The number of ether oxygens (including phenoxy) is 1. The molecular weight excluding hydrogens is 336 g/mol. The number of carbonyl (C=O) groups excluding carboxylic acids is 4. The second-order valence-corrected chi connectivity index (χ2v) is 5.64. The topological polar surface area (TPSA) is 92.8 Å². The van der Waals surface area contributed by atoms with Crippen LogP contribution in [0, 0.1) is 0 Å². The Hall–Kier alpha value is -3.48. The summed E-state index contributed by atoms with van der Waals surface area (Å²) < 4.78 is 4.68. The van der Waals surface area contributed by atoms with Gasteiger partial charge in [-0.2, -0.15) is 0 Å². The quantitative estimate of drug-likeness (QED) is 0.657. The van der Waals surface area contributed by atoms with Gasteiger partial charge in [-0.05, 0) is 24.3 Å². The van der Waals surface area contributed by atoms with Gasteiger partial charge in [0.1, 0.15) is 0 Å². The van der Waals surface area contributed by atoms with Crippen molar-refractivity contribution in [1.82, 2.24) is 4.90 Å². The summed E-state index contributed by atoms with van der Waals surface area (Å²) in [5, 5.41) is 2.61. The van der Waals surface area contributed by atoms with E-state index in [2.05, 4.69) is 10.1 Å². The molecule has 0 bridgehead atoms. The third-order valence-corrected chi connectivity index (χ3v) is 4.05. The second kappa shape index (κ2) is 7.18. The molecule has 1 aliphatic rings. The van der Waals surface area contributed by atoms with Crippen molar-refractivity contribution in [2.45, 2.75) is 6.42 Å². The van der Waals surface area contributed by atoms with Crippen LogP contribution in [0.1, 0.15) is 37.5 Å². The zero-order valence-corrected chi connectivity index (χ0v) is 14.0. The van der Waals surface area contributed by atoms with E-state index in [4.69, 9.17) is 0 Å². The van der Waals surface area contributed by atoms with Gasteiger partial charge in [-0.3, -0.25) is 19.3 Å². The van der Waals surface area contributed by atoms with Crippen LogP contribution in [-0.2, 0) is 9.53 Å². The van der Waals surface area contributed by atoms with Crippen molar-refractivity contribution in [2.24, 2.45) is 0 Å². The average molecular weight is 352 g/mol. The van der Waals surface area contributed by atoms with E-state index in [0.717, 1.165) is 4.90 Å². The summed E-state index contributed by atoms with van der Waals surface area (Å²) in [5.41, 5.74) is 1.22. The van der Waals surface area contributed by atoms with E-state index in [0.29, 0.717) is 16.8 Å². The highest BCUT2D eigenvalue weighted by Crippen LogP contribution is 2.22. The van der Waals surface area contributed by atoms with E-state index in [-0.39, 0.29) is 18.5 Å². The van der Waals surface area contributed by atoms with Crippen LogP contribution in [-0.4, -0.2) is 42.2 Å². The third-order valence-electron chi connectivity index (χ3n) is 4.05. The minimum Gasteiger partial charge on any atom is -0.465 e. The molecule has 2 aromatic carbocycles. The number of para-hydroxylation sites is 1. The summed E-state index contributed by atoms with van der Waals surface area (Å²) in [7, 11) is 1.25. The van der Waals surface area contributed by atoms with Gasteiger partial charge in [-0.25, -0.2) is 4.79 Å². The van der Waals surface area contributed by atoms with Crippen molar-refractivity contribution in [3.8, 4) is 0 Å². The number of amides is 3. The fourth-order valence-corrected chi connectivity index (χ4v) is 2.75. The molecule has 1 N–H and O–H groups in total. The molecule has 1 heterocycles. The summed E-state index contributed by atoms with van der Waals surface area (Å²) in [6, 6.07) is 13.0.